The zero-order valence-corrected chi connectivity index (χ0v) is 21.1. The van der Waals surface area contributed by atoms with Gasteiger partial charge in [-0.3, -0.25) is 9.59 Å². The van der Waals surface area contributed by atoms with Gasteiger partial charge in [-0.1, -0.05) is 75.6 Å². The van der Waals surface area contributed by atoms with E-state index < -0.39 is 0 Å². The molecule has 0 aliphatic heterocycles. The van der Waals surface area contributed by atoms with Crippen LogP contribution in [0.1, 0.15) is 63.8 Å². The molecule has 4 rings (SSSR count). The predicted molar refractivity (Wildman–Crippen MR) is 140 cm³/mol. The quantitative estimate of drug-likeness (QED) is 0.416. The summed E-state index contributed by atoms with van der Waals surface area (Å²) in [6, 6.07) is 18.6. The van der Waals surface area contributed by atoms with Crippen LogP contribution in [0.5, 0.6) is 0 Å². The minimum Gasteiger partial charge on any atom is -0.356 e. The largest absolute Gasteiger partial charge is 0.356 e. The molecule has 1 fully saturated rings. The van der Waals surface area contributed by atoms with Gasteiger partial charge in [-0.2, -0.15) is 0 Å². The van der Waals surface area contributed by atoms with Crippen LogP contribution < -0.4 is 5.32 Å². The molecule has 1 aromatic heterocycles. The summed E-state index contributed by atoms with van der Waals surface area (Å²) < 4.78 is 2.09. The van der Waals surface area contributed by atoms with Crippen LogP contribution in [0, 0.1) is 5.92 Å². The minimum absolute atomic E-state index is 0.0208. The number of hydrogen-bond acceptors (Lipinski definition) is 3. The maximum absolute atomic E-state index is 13.8. The SMILES string of the molecule is CC(C)C(=O)NCCCc1nc2ccccc2n1CC(=O)N(Cc1ccccc1)C1CCCCC1. The van der Waals surface area contributed by atoms with E-state index in [1.165, 1.54) is 24.8 Å². The monoisotopic (exact) mass is 474 g/mol. The van der Waals surface area contributed by atoms with E-state index in [4.69, 9.17) is 4.98 Å². The number of fused-ring (bicyclic) bond motifs is 1. The Morgan fingerprint density at radius 2 is 1.74 bits per heavy atom. The summed E-state index contributed by atoms with van der Waals surface area (Å²) in [5.41, 5.74) is 3.07. The molecule has 1 N–H and O–H groups in total. The molecule has 0 spiro atoms. The van der Waals surface area contributed by atoms with Crippen molar-refractivity contribution in [1.82, 2.24) is 19.8 Å². The number of para-hydroxylation sites is 2. The van der Waals surface area contributed by atoms with Gasteiger partial charge in [-0.05, 0) is 37.0 Å². The number of benzene rings is 2. The lowest BCUT2D eigenvalue weighted by molar-refractivity contribution is -0.135. The fourth-order valence-electron chi connectivity index (χ4n) is 4.97. The second-order valence-electron chi connectivity index (χ2n) is 9.95. The van der Waals surface area contributed by atoms with E-state index in [2.05, 4.69) is 26.9 Å². The second kappa shape index (κ2) is 12.0. The zero-order valence-electron chi connectivity index (χ0n) is 21.1. The van der Waals surface area contributed by atoms with Gasteiger partial charge in [0, 0.05) is 31.5 Å². The first-order valence-electron chi connectivity index (χ1n) is 13.1. The van der Waals surface area contributed by atoms with Crippen molar-refractivity contribution in [1.29, 1.82) is 0 Å². The Labute approximate surface area is 208 Å². The molecule has 2 aromatic carbocycles. The smallest absolute Gasteiger partial charge is 0.243 e. The van der Waals surface area contributed by atoms with Crippen LogP contribution in [0.15, 0.2) is 54.6 Å². The fourth-order valence-corrected chi connectivity index (χ4v) is 4.97. The molecule has 186 valence electrons. The van der Waals surface area contributed by atoms with Crippen molar-refractivity contribution in [3.05, 3.63) is 66.0 Å². The van der Waals surface area contributed by atoms with Gasteiger partial charge in [0.15, 0.2) is 0 Å². The van der Waals surface area contributed by atoms with Crippen LogP contribution in [-0.2, 0) is 29.1 Å². The van der Waals surface area contributed by atoms with Crippen molar-refractivity contribution in [2.75, 3.05) is 6.54 Å². The van der Waals surface area contributed by atoms with E-state index in [1.807, 2.05) is 56.3 Å². The molecule has 0 saturated heterocycles. The molecule has 1 heterocycles. The van der Waals surface area contributed by atoms with Crippen molar-refractivity contribution >= 4 is 22.8 Å². The lowest BCUT2D eigenvalue weighted by Crippen LogP contribution is -2.42. The molecular weight excluding hydrogens is 436 g/mol. The minimum atomic E-state index is -0.0208. The number of aromatic nitrogens is 2. The topological polar surface area (TPSA) is 67.2 Å². The first kappa shape index (κ1) is 25.0. The van der Waals surface area contributed by atoms with E-state index in [1.54, 1.807) is 0 Å². The van der Waals surface area contributed by atoms with E-state index in [9.17, 15) is 9.59 Å². The lowest BCUT2D eigenvalue weighted by Gasteiger charge is -2.35. The van der Waals surface area contributed by atoms with Crippen LogP contribution in [0.25, 0.3) is 11.0 Å². The molecule has 0 bridgehead atoms. The van der Waals surface area contributed by atoms with Crippen molar-refractivity contribution in [2.24, 2.45) is 5.92 Å². The first-order chi connectivity index (χ1) is 17.0. The summed E-state index contributed by atoms with van der Waals surface area (Å²) in [7, 11) is 0. The number of imidazole rings is 1. The van der Waals surface area contributed by atoms with Crippen molar-refractivity contribution in [3.63, 3.8) is 0 Å². The number of hydrogen-bond donors (Lipinski definition) is 1. The van der Waals surface area contributed by atoms with E-state index in [0.717, 1.165) is 36.1 Å². The highest BCUT2D eigenvalue weighted by molar-refractivity contribution is 5.81. The Morgan fingerprint density at radius 3 is 2.49 bits per heavy atom. The average molecular weight is 475 g/mol. The van der Waals surface area contributed by atoms with Gasteiger partial charge in [0.05, 0.1) is 11.0 Å². The summed E-state index contributed by atoms with van der Waals surface area (Å²) in [4.78, 5) is 32.7. The molecule has 2 amide bonds. The maximum atomic E-state index is 13.8. The van der Waals surface area contributed by atoms with Gasteiger partial charge in [-0.15, -0.1) is 0 Å². The number of nitrogens with zero attached hydrogens (tertiary/aromatic N) is 3. The maximum Gasteiger partial charge on any atom is 0.243 e. The first-order valence-corrected chi connectivity index (χ1v) is 13.1. The second-order valence-corrected chi connectivity index (χ2v) is 9.95. The molecule has 0 unspecified atom stereocenters. The van der Waals surface area contributed by atoms with Gasteiger partial charge in [0.2, 0.25) is 11.8 Å². The number of aryl methyl sites for hydroxylation is 1. The number of amides is 2. The van der Waals surface area contributed by atoms with Gasteiger partial charge < -0.3 is 14.8 Å². The summed E-state index contributed by atoms with van der Waals surface area (Å²) in [5, 5.41) is 2.98. The summed E-state index contributed by atoms with van der Waals surface area (Å²) in [5.74, 6) is 1.10. The highest BCUT2D eigenvalue weighted by atomic mass is 16.2. The molecule has 6 heteroatoms. The van der Waals surface area contributed by atoms with Crippen molar-refractivity contribution < 1.29 is 9.59 Å². The highest BCUT2D eigenvalue weighted by Crippen LogP contribution is 2.25. The molecule has 3 aromatic rings. The van der Waals surface area contributed by atoms with E-state index in [-0.39, 0.29) is 24.3 Å². The number of nitrogens with one attached hydrogen (secondary N) is 1. The van der Waals surface area contributed by atoms with Crippen LogP contribution in [0.3, 0.4) is 0 Å². The van der Waals surface area contributed by atoms with Crippen molar-refractivity contribution in [3.8, 4) is 0 Å². The molecule has 0 atom stereocenters. The summed E-state index contributed by atoms with van der Waals surface area (Å²) in [6.45, 7) is 5.34. The Bertz CT molecular complexity index is 1120. The Balaban J connectivity index is 1.53. The van der Waals surface area contributed by atoms with Gasteiger partial charge in [0.1, 0.15) is 12.4 Å². The number of carbonyl (C=O) groups is 2. The van der Waals surface area contributed by atoms with Crippen molar-refractivity contribution in [2.45, 2.75) is 77.9 Å². The molecule has 1 aliphatic rings. The van der Waals surface area contributed by atoms with Gasteiger partial charge >= 0.3 is 0 Å². The number of rotatable bonds is 10. The highest BCUT2D eigenvalue weighted by Gasteiger charge is 2.27. The van der Waals surface area contributed by atoms with Crippen LogP contribution in [-0.4, -0.2) is 38.9 Å². The number of carbonyl (C=O) groups excluding carboxylic acids is 2. The lowest BCUT2D eigenvalue weighted by atomic mass is 9.93. The Hall–Kier alpha value is -3.15. The third-order valence-corrected chi connectivity index (χ3v) is 6.96. The Kier molecular flexibility index (Phi) is 8.56. The predicted octanol–water partition coefficient (Wildman–Crippen LogP) is 5.10. The molecule has 0 radical (unpaired) electrons. The van der Waals surface area contributed by atoms with E-state index >= 15 is 0 Å². The third kappa shape index (κ3) is 6.50. The average Bonchev–Trinajstić information content (AvgIpc) is 3.23. The zero-order chi connectivity index (χ0) is 24.6. The van der Waals surface area contributed by atoms with Crippen LogP contribution in [0.4, 0.5) is 0 Å². The molecule has 1 saturated carbocycles. The third-order valence-electron chi connectivity index (χ3n) is 6.96. The van der Waals surface area contributed by atoms with Gasteiger partial charge in [0.25, 0.3) is 0 Å². The van der Waals surface area contributed by atoms with Crippen LogP contribution >= 0.6 is 0 Å². The molecular formula is C29H38N4O2. The molecule has 35 heavy (non-hydrogen) atoms. The molecule has 1 aliphatic carbocycles. The van der Waals surface area contributed by atoms with Gasteiger partial charge in [-0.25, -0.2) is 4.98 Å². The Morgan fingerprint density at radius 1 is 1.03 bits per heavy atom. The van der Waals surface area contributed by atoms with Crippen LogP contribution in [0.2, 0.25) is 0 Å². The molecule has 6 nitrogen and oxygen atoms in total. The standard InChI is InChI=1S/C29H38N4O2/c1-22(2)29(35)30-19-11-18-27-31-25-16-9-10-17-26(25)33(27)21-28(34)32(24-14-7-4-8-15-24)20-23-12-5-3-6-13-23/h3,5-6,9-10,12-13,16-17,22,24H,4,7-8,11,14-15,18-21H2,1-2H3,(H,30,35). The fraction of sp³-hybridized carbons (Fsp3) is 0.483. The normalized spacial score (nSPS) is 14.4. The summed E-state index contributed by atoms with van der Waals surface area (Å²) in [6.07, 6.45) is 7.27. The van der Waals surface area contributed by atoms with E-state index in [0.29, 0.717) is 25.6 Å². The summed E-state index contributed by atoms with van der Waals surface area (Å²) >= 11 is 0.